The molecule has 0 radical (unpaired) electrons. The van der Waals surface area contributed by atoms with Gasteiger partial charge in [-0.2, -0.15) is 0 Å². The van der Waals surface area contributed by atoms with Crippen molar-refractivity contribution < 1.29 is 14.3 Å². The zero-order valence-corrected chi connectivity index (χ0v) is 15.5. The molecule has 5 nitrogen and oxygen atoms in total. The number of hydrazine groups is 1. The molecule has 0 bridgehead atoms. The average molecular weight is 383 g/mol. The number of carbonyl (C=O) groups excluding carboxylic acids is 1. The summed E-state index contributed by atoms with van der Waals surface area (Å²) in [6.07, 6.45) is 0. The van der Waals surface area contributed by atoms with Crippen LogP contribution in [0.4, 0.5) is 5.69 Å². The third kappa shape index (κ3) is 5.00. The maximum atomic E-state index is 12.3. The van der Waals surface area contributed by atoms with Gasteiger partial charge in [0, 0.05) is 12.2 Å². The summed E-state index contributed by atoms with van der Waals surface area (Å²) in [5.41, 5.74) is 8.48. The number of hydrogen-bond acceptors (Lipinski definition) is 5. The largest absolute Gasteiger partial charge is 0.493 e. The lowest BCUT2D eigenvalue weighted by molar-refractivity contribution is 0.0730. The molecule has 0 aliphatic rings. The third-order valence-corrected chi connectivity index (χ3v) is 4.15. The van der Waals surface area contributed by atoms with E-state index in [1.165, 1.54) is 7.11 Å². The first-order chi connectivity index (χ1) is 13.2. The van der Waals surface area contributed by atoms with Gasteiger partial charge >= 0.3 is 5.97 Å². The molecule has 2 N–H and O–H groups in total. The Morgan fingerprint density at radius 3 is 2.44 bits per heavy atom. The van der Waals surface area contributed by atoms with E-state index in [9.17, 15) is 4.79 Å². The predicted molar refractivity (Wildman–Crippen MR) is 106 cm³/mol. The van der Waals surface area contributed by atoms with Gasteiger partial charge in [-0.25, -0.2) is 10.2 Å². The van der Waals surface area contributed by atoms with Gasteiger partial charge in [0.1, 0.15) is 0 Å². The van der Waals surface area contributed by atoms with Crippen molar-refractivity contribution in [3.63, 3.8) is 0 Å². The molecule has 0 aromatic heterocycles. The number of benzene rings is 3. The lowest BCUT2D eigenvalue weighted by Crippen LogP contribution is -2.20. The summed E-state index contributed by atoms with van der Waals surface area (Å²) in [7, 11) is 1.53. The number of ether oxygens (including phenoxy) is 2. The van der Waals surface area contributed by atoms with E-state index in [0.717, 1.165) is 11.3 Å². The average Bonchev–Trinajstić information content (AvgIpc) is 2.70. The van der Waals surface area contributed by atoms with E-state index in [1.807, 2.05) is 42.5 Å². The maximum Gasteiger partial charge on any atom is 0.345 e. The zero-order chi connectivity index (χ0) is 19.1. The van der Waals surface area contributed by atoms with Crippen molar-refractivity contribution in [3.05, 3.63) is 88.9 Å². The maximum absolute atomic E-state index is 12.3. The van der Waals surface area contributed by atoms with Crippen LogP contribution in [0.25, 0.3) is 0 Å². The summed E-state index contributed by atoms with van der Waals surface area (Å²) in [6, 6.07) is 21.9. The van der Waals surface area contributed by atoms with Crippen LogP contribution >= 0.6 is 11.6 Å². The minimum Gasteiger partial charge on any atom is -0.493 e. The Labute approximate surface area is 162 Å². The second-order valence-electron chi connectivity index (χ2n) is 5.70. The first kappa shape index (κ1) is 18.8. The number of halogens is 1. The molecule has 0 aliphatic carbocycles. The van der Waals surface area contributed by atoms with Crippen molar-refractivity contribution in [2.75, 3.05) is 12.5 Å². The van der Waals surface area contributed by atoms with Gasteiger partial charge in [-0.05, 0) is 42.0 Å². The zero-order valence-electron chi connectivity index (χ0n) is 14.7. The fraction of sp³-hybridized carbons (Fsp3) is 0.0952. The molecule has 3 aromatic rings. The molecule has 0 heterocycles. The number of hydrogen-bond donors (Lipinski definition) is 2. The van der Waals surface area contributed by atoms with Crippen LogP contribution < -0.4 is 20.3 Å². The van der Waals surface area contributed by atoms with Gasteiger partial charge in [-0.3, -0.25) is 0 Å². The lowest BCUT2D eigenvalue weighted by Gasteiger charge is -2.13. The van der Waals surface area contributed by atoms with Crippen LogP contribution in [-0.2, 0) is 6.54 Å². The Bertz CT molecular complexity index is 916. The molecule has 6 heteroatoms. The molecule has 0 saturated carbocycles. The van der Waals surface area contributed by atoms with Crippen molar-refractivity contribution in [2.45, 2.75) is 6.54 Å². The molecule has 0 spiro atoms. The van der Waals surface area contributed by atoms with Gasteiger partial charge in [0.25, 0.3) is 0 Å². The van der Waals surface area contributed by atoms with E-state index >= 15 is 0 Å². The Balaban J connectivity index is 1.65. The second kappa shape index (κ2) is 9.07. The number of esters is 1. The van der Waals surface area contributed by atoms with Gasteiger partial charge in [0.05, 0.1) is 17.7 Å². The molecular weight excluding hydrogens is 364 g/mol. The summed E-state index contributed by atoms with van der Waals surface area (Å²) in [5, 5.41) is 0.342. The fourth-order valence-corrected chi connectivity index (χ4v) is 2.67. The van der Waals surface area contributed by atoms with E-state index in [2.05, 4.69) is 10.9 Å². The van der Waals surface area contributed by atoms with Gasteiger partial charge in [0.2, 0.25) is 0 Å². The number of rotatable bonds is 7. The van der Waals surface area contributed by atoms with E-state index in [4.69, 9.17) is 21.1 Å². The lowest BCUT2D eigenvalue weighted by atomic mass is 10.2. The number of anilines is 1. The first-order valence-corrected chi connectivity index (χ1v) is 8.72. The second-order valence-corrected chi connectivity index (χ2v) is 6.11. The van der Waals surface area contributed by atoms with Gasteiger partial charge in [-0.15, -0.1) is 0 Å². The molecule has 0 fully saturated rings. The molecular formula is C21H19ClN2O3. The van der Waals surface area contributed by atoms with Crippen molar-refractivity contribution >= 4 is 23.3 Å². The minimum atomic E-state index is -0.532. The highest BCUT2D eigenvalue weighted by atomic mass is 35.5. The molecule has 0 atom stereocenters. The number of nitrogens with one attached hydrogen (secondary N) is 2. The standard InChI is InChI=1S/C21H19ClN2O3/c1-26-20-13-15(14-23-24-16-7-3-2-4-8-16)11-12-19(20)27-21(25)17-9-5-6-10-18(17)22/h2-13,23-24H,14H2,1H3. The Morgan fingerprint density at radius 2 is 1.70 bits per heavy atom. The number of carbonyl (C=O) groups is 1. The van der Waals surface area contributed by atoms with Gasteiger partial charge in [0.15, 0.2) is 11.5 Å². The fourth-order valence-electron chi connectivity index (χ4n) is 2.46. The normalized spacial score (nSPS) is 10.3. The number of methoxy groups -OCH3 is 1. The van der Waals surface area contributed by atoms with Crippen LogP contribution in [0.2, 0.25) is 5.02 Å². The molecule has 0 saturated heterocycles. The summed E-state index contributed by atoms with van der Waals surface area (Å²) < 4.78 is 10.8. The molecule has 0 aliphatic heterocycles. The van der Waals surface area contributed by atoms with Crippen LogP contribution in [0, 0.1) is 0 Å². The van der Waals surface area contributed by atoms with Crippen LogP contribution in [0.15, 0.2) is 72.8 Å². The summed E-state index contributed by atoms with van der Waals surface area (Å²) >= 11 is 6.04. The predicted octanol–water partition coefficient (Wildman–Crippen LogP) is 4.68. The summed E-state index contributed by atoms with van der Waals surface area (Å²) in [4.78, 5) is 12.3. The molecule has 138 valence electrons. The van der Waals surface area contributed by atoms with Crippen LogP contribution in [0.5, 0.6) is 11.5 Å². The van der Waals surface area contributed by atoms with Crippen LogP contribution in [0.3, 0.4) is 0 Å². The summed E-state index contributed by atoms with van der Waals surface area (Å²) in [6.45, 7) is 0.560. The topological polar surface area (TPSA) is 59.6 Å². The van der Waals surface area contributed by atoms with Gasteiger partial charge < -0.3 is 14.9 Å². The Kier molecular flexibility index (Phi) is 6.30. The Hall–Kier alpha value is -3.02. The molecule has 0 unspecified atom stereocenters. The third-order valence-electron chi connectivity index (χ3n) is 3.82. The number of para-hydroxylation sites is 1. The highest BCUT2D eigenvalue weighted by Gasteiger charge is 2.15. The minimum absolute atomic E-state index is 0.305. The molecule has 3 aromatic carbocycles. The highest BCUT2D eigenvalue weighted by Crippen LogP contribution is 2.29. The highest BCUT2D eigenvalue weighted by molar-refractivity contribution is 6.33. The molecule has 27 heavy (non-hydrogen) atoms. The Morgan fingerprint density at radius 1 is 0.963 bits per heavy atom. The van der Waals surface area contributed by atoms with E-state index in [0.29, 0.717) is 28.6 Å². The van der Waals surface area contributed by atoms with Gasteiger partial charge in [-0.1, -0.05) is 48.0 Å². The SMILES string of the molecule is COc1cc(CNNc2ccccc2)ccc1OC(=O)c1ccccc1Cl. The first-order valence-electron chi connectivity index (χ1n) is 8.35. The van der Waals surface area contributed by atoms with E-state index < -0.39 is 5.97 Å². The smallest absolute Gasteiger partial charge is 0.345 e. The van der Waals surface area contributed by atoms with Crippen LogP contribution in [-0.4, -0.2) is 13.1 Å². The molecule has 0 amide bonds. The quantitative estimate of drug-likeness (QED) is 0.353. The van der Waals surface area contributed by atoms with Crippen molar-refractivity contribution in [1.29, 1.82) is 0 Å². The van der Waals surface area contributed by atoms with Crippen molar-refractivity contribution in [2.24, 2.45) is 0 Å². The van der Waals surface area contributed by atoms with Crippen LogP contribution in [0.1, 0.15) is 15.9 Å². The monoisotopic (exact) mass is 382 g/mol. The van der Waals surface area contributed by atoms with E-state index in [-0.39, 0.29) is 0 Å². The van der Waals surface area contributed by atoms with Crippen molar-refractivity contribution in [3.8, 4) is 11.5 Å². The van der Waals surface area contributed by atoms with E-state index in [1.54, 1.807) is 30.3 Å². The van der Waals surface area contributed by atoms with Crippen molar-refractivity contribution in [1.82, 2.24) is 5.43 Å². The summed E-state index contributed by atoms with van der Waals surface area (Å²) in [5.74, 6) is 0.270. The molecule has 3 rings (SSSR count).